The molecule has 0 aliphatic carbocycles. The normalized spacial score (nSPS) is 10.4. The molecule has 4 nitrogen and oxygen atoms in total. The molecule has 6 heteroatoms. The molecule has 0 atom stereocenters. The number of carbonyl (C=O) groups excluding carboxylic acids is 1. The molecule has 0 fully saturated rings. The fourth-order valence-electron chi connectivity index (χ4n) is 1.48. The number of nitrogens with zero attached hydrogens (tertiary/aromatic N) is 2. The maximum absolute atomic E-state index is 12.1. The van der Waals surface area contributed by atoms with Gasteiger partial charge in [0, 0.05) is 10.5 Å². The summed E-state index contributed by atoms with van der Waals surface area (Å²) in [5.74, 6) is -0.139. The molecule has 0 aliphatic heterocycles. The molecular formula is C12H13N3OS2. The van der Waals surface area contributed by atoms with Crippen LogP contribution in [0.5, 0.6) is 0 Å². The quantitative estimate of drug-likeness (QED) is 0.877. The van der Waals surface area contributed by atoms with Gasteiger partial charge in [-0.1, -0.05) is 17.4 Å². The zero-order valence-electron chi connectivity index (χ0n) is 10.4. The predicted molar refractivity (Wildman–Crippen MR) is 75.6 cm³/mol. The fraction of sp³-hybridized carbons (Fsp3) is 0.250. The standard InChI is InChI=1S/C12H13N3OS2/c1-7-4-5-9(17-3)6-10(7)11(16)13-12-15-14-8(2)18-12/h4-6H,1-3H3,(H,13,15,16). The van der Waals surface area contributed by atoms with E-state index >= 15 is 0 Å². The summed E-state index contributed by atoms with van der Waals surface area (Å²) in [7, 11) is 0. The molecule has 1 aromatic carbocycles. The minimum Gasteiger partial charge on any atom is -0.296 e. The number of thioether (sulfide) groups is 1. The molecule has 0 bridgehead atoms. The Morgan fingerprint density at radius 2 is 2.11 bits per heavy atom. The molecule has 0 radical (unpaired) electrons. The molecule has 1 aromatic heterocycles. The van der Waals surface area contributed by atoms with Gasteiger partial charge < -0.3 is 0 Å². The largest absolute Gasteiger partial charge is 0.296 e. The molecule has 0 saturated heterocycles. The van der Waals surface area contributed by atoms with E-state index in [0.29, 0.717) is 10.7 Å². The van der Waals surface area contributed by atoms with Crippen molar-refractivity contribution in [1.82, 2.24) is 10.2 Å². The second kappa shape index (κ2) is 5.49. The SMILES string of the molecule is CSc1ccc(C)c(C(=O)Nc2nnc(C)s2)c1. The number of aryl methyl sites for hydroxylation is 2. The minimum atomic E-state index is -0.139. The van der Waals surface area contributed by atoms with Gasteiger partial charge in [-0.15, -0.1) is 22.0 Å². The molecule has 2 rings (SSSR count). The number of carbonyl (C=O) groups is 1. The first-order valence-corrected chi connectivity index (χ1v) is 7.40. The maximum Gasteiger partial charge on any atom is 0.257 e. The zero-order chi connectivity index (χ0) is 13.1. The maximum atomic E-state index is 12.1. The van der Waals surface area contributed by atoms with E-state index in [4.69, 9.17) is 0 Å². The lowest BCUT2D eigenvalue weighted by Gasteiger charge is -2.06. The van der Waals surface area contributed by atoms with Gasteiger partial charge in [-0.3, -0.25) is 10.1 Å². The van der Waals surface area contributed by atoms with Crippen molar-refractivity contribution >= 4 is 34.1 Å². The summed E-state index contributed by atoms with van der Waals surface area (Å²) in [5, 5.41) is 11.9. The topological polar surface area (TPSA) is 54.9 Å². The summed E-state index contributed by atoms with van der Waals surface area (Å²) in [6, 6.07) is 5.85. The Morgan fingerprint density at radius 3 is 2.72 bits per heavy atom. The first kappa shape index (κ1) is 13.0. The molecular weight excluding hydrogens is 266 g/mol. The van der Waals surface area contributed by atoms with Crippen molar-refractivity contribution in [2.75, 3.05) is 11.6 Å². The van der Waals surface area contributed by atoms with Gasteiger partial charge in [0.15, 0.2) is 0 Å². The van der Waals surface area contributed by atoms with E-state index < -0.39 is 0 Å². The summed E-state index contributed by atoms with van der Waals surface area (Å²) in [6.07, 6.45) is 1.99. The highest BCUT2D eigenvalue weighted by molar-refractivity contribution is 7.98. The number of nitrogens with one attached hydrogen (secondary N) is 1. The lowest BCUT2D eigenvalue weighted by Crippen LogP contribution is -2.13. The Labute approximate surface area is 114 Å². The molecule has 94 valence electrons. The molecule has 1 heterocycles. The van der Waals surface area contributed by atoms with Crippen LogP contribution in [0.3, 0.4) is 0 Å². The van der Waals surface area contributed by atoms with E-state index in [1.165, 1.54) is 11.3 Å². The number of rotatable bonds is 3. The molecule has 0 spiro atoms. The van der Waals surface area contributed by atoms with Gasteiger partial charge in [0.2, 0.25) is 5.13 Å². The van der Waals surface area contributed by atoms with Crippen LogP contribution in [0.4, 0.5) is 5.13 Å². The van der Waals surface area contributed by atoms with E-state index in [1.807, 2.05) is 38.3 Å². The summed E-state index contributed by atoms with van der Waals surface area (Å²) in [5.41, 5.74) is 1.63. The third-order valence-corrected chi connectivity index (χ3v) is 3.92. The van der Waals surface area contributed by atoms with Crippen LogP contribution in [-0.2, 0) is 0 Å². The number of aromatic nitrogens is 2. The van der Waals surface area contributed by atoms with Crippen molar-refractivity contribution < 1.29 is 4.79 Å². The number of benzene rings is 1. The molecule has 0 aliphatic rings. The van der Waals surface area contributed by atoms with E-state index in [2.05, 4.69) is 15.5 Å². The average Bonchev–Trinajstić information content (AvgIpc) is 2.75. The van der Waals surface area contributed by atoms with Crippen molar-refractivity contribution in [3.05, 3.63) is 34.3 Å². The van der Waals surface area contributed by atoms with E-state index in [1.54, 1.807) is 11.8 Å². The molecule has 1 amide bonds. The van der Waals surface area contributed by atoms with Gasteiger partial charge in [0.1, 0.15) is 5.01 Å². The lowest BCUT2D eigenvalue weighted by molar-refractivity contribution is 0.102. The summed E-state index contributed by atoms with van der Waals surface area (Å²) >= 11 is 2.98. The number of amides is 1. The van der Waals surface area contributed by atoms with Gasteiger partial charge in [0.05, 0.1) is 0 Å². The Hall–Kier alpha value is -1.40. The third-order valence-electron chi connectivity index (χ3n) is 2.44. The number of anilines is 1. The third kappa shape index (κ3) is 2.88. The van der Waals surface area contributed by atoms with Crippen LogP contribution in [0.2, 0.25) is 0 Å². The van der Waals surface area contributed by atoms with Crippen LogP contribution >= 0.6 is 23.1 Å². The van der Waals surface area contributed by atoms with Gasteiger partial charge in [-0.05, 0) is 37.8 Å². The van der Waals surface area contributed by atoms with E-state index in [9.17, 15) is 4.79 Å². The van der Waals surface area contributed by atoms with E-state index in [-0.39, 0.29) is 5.91 Å². The molecule has 1 N–H and O–H groups in total. The van der Waals surface area contributed by atoms with Crippen molar-refractivity contribution in [3.8, 4) is 0 Å². The van der Waals surface area contributed by atoms with Crippen LogP contribution in [0.1, 0.15) is 20.9 Å². The van der Waals surface area contributed by atoms with Crippen molar-refractivity contribution in [2.45, 2.75) is 18.7 Å². The Balaban J connectivity index is 2.23. The van der Waals surface area contributed by atoms with Crippen molar-refractivity contribution in [3.63, 3.8) is 0 Å². The Bertz CT molecular complexity index is 580. The van der Waals surface area contributed by atoms with E-state index in [0.717, 1.165) is 15.5 Å². The van der Waals surface area contributed by atoms with Crippen LogP contribution in [0.15, 0.2) is 23.1 Å². The zero-order valence-corrected chi connectivity index (χ0v) is 12.0. The highest BCUT2D eigenvalue weighted by atomic mass is 32.2. The lowest BCUT2D eigenvalue weighted by atomic mass is 10.1. The fourth-order valence-corrected chi connectivity index (χ4v) is 2.51. The minimum absolute atomic E-state index is 0.139. The van der Waals surface area contributed by atoms with Crippen LogP contribution in [0, 0.1) is 13.8 Å². The second-order valence-corrected chi connectivity index (χ2v) is 5.82. The Morgan fingerprint density at radius 1 is 1.33 bits per heavy atom. The molecule has 2 aromatic rings. The monoisotopic (exact) mass is 279 g/mol. The molecule has 18 heavy (non-hydrogen) atoms. The van der Waals surface area contributed by atoms with Gasteiger partial charge in [-0.2, -0.15) is 0 Å². The summed E-state index contributed by atoms with van der Waals surface area (Å²) in [6.45, 7) is 3.78. The van der Waals surface area contributed by atoms with Crippen molar-refractivity contribution in [2.24, 2.45) is 0 Å². The first-order chi connectivity index (χ1) is 8.60. The van der Waals surface area contributed by atoms with Crippen LogP contribution in [-0.4, -0.2) is 22.4 Å². The average molecular weight is 279 g/mol. The smallest absolute Gasteiger partial charge is 0.257 e. The first-order valence-electron chi connectivity index (χ1n) is 5.36. The van der Waals surface area contributed by atoms with Gasteiger partial charge >= 0.3 is 0 Å². The van der Waals surface area contributed by atoms with Crippen LogP contribution < -0.4 is 5.32 Å². The van der Waals surface area contributed by atoms with Crippen LogP contribution in [0.25, 0.3) is 0 Å². The highest BCUT2D eigenvalue weighted by Gasteiger charge is 2.12. The highest BCUT2D eigenvalue weighted by Crippen LogP contribution is 2.21. The van der Waals surface area contributed by atoms with Crippen molar-refractivity contribution in [1.29, 1.82) is 0 Å². The number of hydrogen-bond donors (Lipinski definition) is 1. The molecule has 0 unspecified atom stereocenters. The predicted octanol–water partition coefficient (Wildman–Crippen LogP) is 3.13. The second-order valence-electron chi connectivity index (χ2n) is 3.76. The Kier molecular flexibility index (Phi) is 3.98. The number of hydrogen-bond acceptors (Lipinski definition) is 5. The van der Waals surface area contributed by atoms with Gasteiger partial charge in [0.25, 0.3) is 5.91 Å². The summed E-state index contributed by atoms with van der Waals surface area (Å²) in [4.78, 5) is 13.2. The van der Waals surface area contributed by atoms with Gasteiger partial charge in [-0.25, -0.2) is 0 Å². The summed E-state index contributed by atoms with van der Waals surface area (Å²) < 4.78 is 0. The molecule has 0 saturated carbocycles.